The second-order valence-corrected chi connectivity index (χ2v) is 17.6. The Hall–Kier alpha value is -3.31. The fourth-order valence-corrected chi connectivity index (χ4v) is 8.13. The molecule has 0 saturated carbocycles. The van der Waals surface area contributed by atoms with Crippen LogP contribution in [0.2, 0.25) is 0 Å². The van der Waals surface area contributed by atoms with E-state index < -0.39 is 0 Å². The van der Waals surface area contributed by atoms with E-state index in [4.69, 9.17) is 9.40 Å². The molecule has 1 radical (unpaired) electrons. The van der Waals surface area contributed by atoms with Crippen molar-refractivity contribution < 1.29 is 34.4 Å². The van der Waals surface area contributed by atoms with Gasteiger partial charge in [0.2, 0.25) is 0 Å². The summed E-state index contributed by atoms with van der Waals surface area (Å²) in [5, 5.41) is 16.2. The number of aliphatic hydroxyl groups excluding tert-OH is 1. The van der Waals surface area contributed by atoms with Gasteiger partial charge >= 0.3 is 0 Å². The van der Waals surface area contributed by atoms with E-state index in [2.05, 4.69) is 96.1 Å². The number of nitrogens with zero attached hydrogens (tertiary/aromatic N) is 1. The van der Waals surface area contributed by atoms with Gasteiger partial charge in [0, 0.05) is 80.9 Å². The van der Waals surface area contributed by atoms with Crippen LogP contribution in [0.25, 0.3) is 53.2 Å². The first kappa shape index (κ1) is 42.4. The molecule has 6 heteroatoms. The van der Waals surface area contributed by atoms with Crippen molar-refractivity contribution in [1.82, 2.24) is 4.98 Å². The van der Waals surface area contributed by atoms with Crippen molar-refractivity contribution in [3.05, 3.63) is 89.5 Å². The number of hydrogen-bond donors (Lipinski definition) is 1. The smallest absolute Gasteiger partial charge is 0.164 e. The standard InChI is InChI=1S/C32H30NOS.C15H28O2.Ir/c1-18(2)15-26-19(3)22-11-12-27-28(30(22)34-26)24-13-14-33-29(31(24)35-27)21-16-20-9-7-8-10-23(20)25(17-21)32(4,5)6;1-7-14(5,8-2)12(16)11-13(17)15(6,9-3)10-4;/h7-14,17-18H,15H2,1-6H3;11,16H,7-10H2,1-6H3;/q-1;;/b;12-11-;. The Morgan fingerprint density at radius 3 is 2.15 bits per heavy atom. The van der Waals surface area contributed by atoms with Crippen LogP contribution in [0.3, 0.4) is 0 Å². The van der Waals surface area contributed by atoms with Crippen LogP contribution < -0.4 is 0 Å². The number of thiophene rings is 1. The summed E-state index contributed by atoms with van der Waals surface area (Å²) in [5.74, 6) is 1.95. The molecule has 4 nitrogen and oxygen atoms in total. The summed E-state index contributed by atoms with van der Waals surface area (Å²) in [5.41, 5.74) is 5.07. The zero-order valence-electron chi connectivity index (χ0n) is 33.8. The van der Waals surface area contributed by atoms with Gasteiger partial charge in [0.1, 0.15) is 17.1 Å². The molecular weight excluding hydrogens is 851 g/mol. The Bertz CT molecular complexity index is 2260. The van der Waals surface area contributed by atoms with Crippen LogP contribution in [-0.4, -0.2) is 15.9 Å². The SMILES string of the molecule is CCC(C)(CC)C(=O)/C=C(\O)C(C)(CC)CC.Cc1c(CC(C)C)oc2c1ccc1sc3c(-c4[c-]c5ccccc5c(C(C)(C)C)c4)nccc3c12.[Ir]. The molecule has 285 valence electrons. The summed E-state index contributed by atoms with van der Waals surface area (Å²) in [6.07, 6.45) is 7.65. The van der Waals surface area contributed by atoms with Crippen molar-refractivity contribution in [2.75, 3.05) is 0 Å². The van der Waals surface area contributed by atoms with E-state index >= 15 is 0 Å². The summed E-state index contributed by atoms with van der Waals surface area (Å²) in [6.45, 7) is 25.6. The zero-order chi connectivity index (χ0) is 38.2. The van der Waals surface area contributed by atoms with E-state index in [9.17, 15) is 9.90 Å². The van der Waals surface area contributed by atoms with Gasteiger partial charge in [-0.15, -0.1) is 40.5 Å². The second kappa shape index (κ2) is 16.6. The first-order valence-electron chi connectivity index (χ1n) is 19.1. The average molecular weight is 909 g/mol. The number of rotatable bonds is 10. The quantitative estimate of drug-likeness (QED) is 0.0845. The Labute approximate surface area is 334 Å². The largest absolute Gasteiger partial charge is 0.512 e. The topological polar surface area (TPSA) is 63.3 Å². The van der Waals surface area contributed by atoms with E-state index in [-0.39, 0.29) is 47.9 Å². The van der Waals surface area contributed by atoms with Crippen LogP contribution in [0.1, 0.15) is 119 Å². The van der Waals surface area contributed by atoms with Gasteiger partial charge in [0.15, 0.2) is 5.78 Å². The van der Waals surface area contributed by atoms with E-state index in [1.54, 1.807) is 11.3 Å². The van der Waals surface area contributed by atoms with Crippen molar-refractivity contribution in [2.24, 2.45) is 16.7 Å². The van der Waals surface area contributed by atoms with E-state index in [1.807, 2.05) is 47.7 Å². The van der Waals surface area contributed by atoms with Crippen LogP contribution >= 0.6 is 11.3 Å². The maximum atomic E-state index is 12.2. The number of aliphatic hydroxyl groups is 1. The third kappa shape index (κ3) is 8.36. The van der Waals surface area contributed by atoms with Crippen molar-refractivity contribution in [3.8, 4) is 11.3 Å². The number of hydrogen-bond acceptors (Lipinski definition) is 5. The number of furan rings is 1. The van der Waals surface area contributed by atoms with Gasteiger partial charge < -0.3 is 9.52 Å². The van der Waals surface area contributed by atoms with Crippen LogP contribution in [0.15, 0.2) is 71.0 Å². The molecule has 3 aromatic carbocycles. The molecule has 0 aliphatic heterocycles. The maximum absolute atomic E-state index is 12.2. The molecule has 0 aliphatic rings. The van der Waals surface area contributed by atoms with Gasteiger partial charge in [0.25, 0.3) is 0 Å². The van der Waals surface area contributed by atoms with Crippen molar-refractivity contribution >= 4 is 59.0 Å². The van der Waals surface area contributed by atoms with E-state index in [0.29, 0.717) is 5.92 Å². The predicted octanol–water partition coefficient (Wildman–Crippen LogP) is 14.3. The van der Waals surface area contributed by atoms with Gasteiger partial charge in [-0.1, -0.05) is 105 Å². The number of fused-ring (bicyclic) bond motifs is 6. The van der Waals surface area contributed by atoms with Crippen LogP contribution in [0.5, 0.6) is 0 Å². The van der Waals surface area contributed by atoms with Crippen molar-refractivity contribution in [2.45, 2.75) is 121 Å². The Kier molecular flexibility index (Phi) is 13.3. The summed E-state index contributed by atoms with van der Waals surface area (Å²) in [6, 6.07) is 21.2. The number of allylic oxidation sites excluding steroid dienone is 2. The van der Waals surface area contributed by atoms with E-state index in [0.717, 1.165) is 60.1 Å². The fourth-order valence-electron chi connectivity index (χ4n) is 6.93. The molecule has 0 amide bonds. The number of aromatic nitrogens is 1. The fraction of sp³-hybridized carbons (Fsp3) is 0.447. The molecule has 0 spiro atoms. The zero-order valence-corrected chi connectivity index (χ0v) is 37.1. The summed E-state index contributed by atoms with van der Waals surface area (Å²) >= 11 is 1.80. The minimum absolute atomic E-state index is 0. The Balaban J connectivity index is 0.000000299. The molecule has 1 N–H and O–H groups in total. The minimum atomic E-state index is -0.337. The molecule has 0 atom stereocenters. The van der Waals surface area contributed by atoms with Crippen LogP contribution in [0, 0.1) is 29.7 Å². The first-order valence-corrected chi connectivity index (χ1v) is 20.0. The normalized spacial score (nSPS) is 12.8. The molecular formula is C47H58IrNO3S-. The van der Waals surface area contributed by atoms with E-state index in [1.165, 1.54) is 48.1 Å². The summed E-state index contributed by atoms with van der Waals surface area (Å²) in [7, 11) is 0. The molecule has 53 heavy (non-hydrogen) atoms. The third-order valence-electron chi connectivity index (χ3n) is 11.6. The summed E-state index contributed by atoms with van der Waals surface area (Å²) < 4.78 is 8.97. The molecule has 0 fully saturated rings. The number of carbonyl (C=O) groups is 1. The van der Waals surface area contributed by atoms with Gasteiger partial charge in [-0.05, 0) is 67.7 Å². The molecule has 6 rings (SSSR count). The van der Waals surface area contributed by atoms with Gasteiger partial charge in [-0.2, -0.15) is 0 Å². The number of aryl methyl sites for hydroxylation is 1. The van der Waals surface area contributed by atoms with Gasteiger partial charge in [-0.3, -0.25) is 9.78 Å². The Morgan fingerprint density at radius 1 is 0.906 bits per heavy atom. The van der Waals surface area contributed by atoms with Gasteiger partial charge in [0.05, 0.1) is 0 Å². The third-order valence-corrected chi connectivity index (χ3v) is 12.8. The minimum Gasteiger partial charge on any atom is -0.512 e. The molecule has 6 aromatic rings. The number of ketones is 1. The van der Waals surface area contributed by atoms with Gasteiger partial charge in [-0.25, -0.2) is 0 Å². The second-order valence-electron chi connectivity index (χ2n) is 16.5. The average Bonchev–Trinajstić information content (AvgIpc) is 3.66. The summed E-state index contributed by atoms with van der Waals surface area (Å²) in [4.78, 5) is 17.1. The van der Waals surface area contributed by atoms with Crippen LogP contribution in [0.4, 0.5) is 0 Å². The molecule has 3 heterocycles. The molecule has 0 saturated heterocycles. The molecule has 3 aromatic heterocycles. The number of benzene rings is 3. The van der Waals surface area contributed by atoms with Crippen LogP contribution in [-0.2, 0) is 36.7 Å². The van der Waals surface area contributed by atoms with Crippen molar-refractivity contribution in [3.63, 3.8) is 0 Å². The molecule has 0 bridgehead atoms. The number of pyridine rings is 1. The first-order chi connectivity index (χ1) is 24.5. The monoisotopic (exact) mass is 909 g/mol. The maximum Gasteiger partial charge on any atom is 0.164 e. The number of carbonyl (C=O) groups excluding carboxylic acids is 1. The van der Waals surface area contributed by atoms with Crippen molar-refractivity contribution in [1.29, 1.82) is 0 Å². The molecule has 0 aliphatic carbocycles. The predicted molar refractivity (Wildman–Crippen MR) is 224 cm³/mol. The molecule has 0 unspecified atom stereocenters. The Morgan fingerprint density at radius 2 is 1.55 bits per heavy atom.